The molecule has 0 aliphatic rings. The smallest absolute Gasteiger partial charge is 0.253 e. The van der Waals surface area contributed by atoms with Gasteiger partial charge < -0.3 is 4.90 Å². The fourth-order valence-corrected chi connectivity index (χ4v) is 0.733. The van der Waals surface area contributed by atoms with Gasteiger partial charge in [-0.05, 0) is 20.8 Å². The number of likely N-dealkylation sites (N-methyl/N-ethyl adjacent to an activating group) is 1. The third kappa shape index (κ3) is 2.91. The Morgan fingerprint density at radius 3 is 2.33 bits per heavy atom. The summed E-state index contributed by atoms with van der Waals surface area (Å²) in [5.41, 5.74) is 0.536. The number of hydrogen-bond acceptors (Lipinski definition) is 1. The SMILES string of the molecule is C=C(C=CC)C(=O)N(C)C(C)C. The minimum atomic E-state index is -0.0110. The molecular formula is C10H17NO. The number of carbonyl (C=O) groups excluding carboxylic acids is 1. The number of amides is 1. The topological polar surface area (TPSA) is 20.3 Å². The van der Waals surface area contributed by atoms with Crippen LogP contribution in [0, 0.1) is 0 Å². The second-order valence-electron chi connectivity index (χ2n) is 3.04. The van der Waals surface area contributed by atoms with Crippen LogP contribution in [0.25, 0.3) is 0 Å². The molecule has 0 fully saturated rings. The van der Waals surface area contributed by atoms with Gasteiger partial charge in [0.05, 0.1) is 0 Å². The molecule has 2 heteroatoms. The minimum Gasteiger partial charge on any atom is -0.339 e. The van der Waals surface area contributed by atoms with Gasteiger partial charge in [0.1, 0.15) is 0 Å². The highest BCUT2D eigenvalue weighted by atomic mass is 16.2. The summed E-state index contributed by atoms with van der Waals surface area (Å²) in [6.45, 7) is 9.48. The lowest BCUT2D eigenvalue weighted by Gasteiger charge is -2.21. The van der Waals surface area contributed by atoms with E-state index >= 15 is 0 Å². The normalized spacial score (nSPS) is 10.8. The predicted octanol–water partition coefficient (Wildman–Crippen LogP) is 1.99. The lowest BCUT2D eigenvalue weighted by atomic mass is 10.2. The highest BCUT2D eigenvalue weighted by molar-refractivity contribution is 5.95. The zero-order valence-electron chi connectivity index (χ0n) is 8.29. The lowest BCUT2D eigenvalue weighted by Crippen LogP contribution is -2.33. The predicted molar refractivity (Wildman–Crippen MR) is 51.9 cm³/mol. The van der Waals surface area contributed by atoms with Crippen LogP contribution in [-0.4, -0.2) is 23.9 Å². The van der Waals surface area contributed by atoms with Gasteiger partial charge in [-0.1, -0.05) is 18.7 Å². The summed E-state index contributed by atoms with van der Waals surface area (Å²) in [7, 11) is 1.78. The first-order chi connectivity index (χ1) is 5.50. The number of allylic oxidation sites excluding steroid dienone is 1. The Morgan fingerprint density at radius 1 is 1.50 bits per heavy atom. The van der Waals surface area contributed by atoms with Gasteiger partial charge in [-0.3, -0.25) is 4.79 Å². The van der Waals surface area contributed by atoms with E-state index in [0.29, 0.717) is 5.57 Å². The van der Waals surface area contributed by atoms with Crippen molar-refractivity contribution in [3.63, 3.8) is 0 Å². The van der Waals surface area contributed by atoms with Crippen molar-refractivity contribution in [2.75, 3.05) is 7.05 Å². The fourth-order valence-electron chi connectivity index (χ4n) is 0.733. The Kier molecular flexibility index (Phi) is 4.34. The molecule has 2 nitrogen and oxygen atoms in total. The summed E-state index contributed by atoms with van der Waals surface area (Å²) in [5, 5.41) is 0. The molecular weight excluding hydrogens is 150 g/mol. The van der Waals surface area contributed by atoms with E-state index in [2.05, 4.69) is 6.58 Å². The number of nitrogens with zero attached hydrogens (tertiary/aromatic N) is 1. The van der Waals surface area contributed by atoms with E-state index in [1.807, 2.05) is 26.8 Å². The van der Waals surface area contributed by atoms with E-state index in [1.165, 1.54) is 0 Å². The van der Waals surface area contributed by atoms with E-state index in [1.54, 1.807) is 18.0 Å². The summed E-state index contributed by atoms with van der Waals surface area (Å²) in [6.07, 6.45) is 3.54. The molecule has 0 aromatic rings. The molecule has 68 valence electrons. The van der Waals surface area contributed by atoms with Gasteiger partial charge in [0.2, 0.25) is 0 Å². The van der Waals surface area contributed by atoms with E-state index < -0.39 is 0 Å². The molecule has 0 atom stereocenters. The molecule has 12 heavy (non-hydrogen) atoms. The van der Waals surface area contributed by atoms with Gasteiger partial charge in [0, 0.05) is 18.7 Å². The molecule has 0 radical (unpaired) electrons. The van der Waals surface area contributed by atoms with Crippen LogP contribution in [-0.2, 0) is 4.79 Å². The fraction of sp³-hybridized carbons (Fsp3) is 0.500. The van der Waals surface area contributed by atoms with Crippen molar-refractivity contribution in [3.05, 3.63) is 24.3 Å². The number of rotatable bonds is 3. The van der Waals surface area contributed by atoms with Crippen molar-refractivity contribution in [1.82, 2.24) is 4.90 Å². The summed E-state index contributed by atoms with van der Waals surface area (Å²) in [4.78, 5) is 13.1. The second kappa shape index (κ2) is 4.75. The second-order valence-corrected chi connectivity index (χ2v) is 3.04. The zero-order valence-corrected chi connectivity index (χ0v) is 8.29. The molecule has 1 amide bonds. The molecule has 0 spiro atoms. The lowest BCUT2D eigenvalue weighted by molar-refractivity contribution is -0.126. The van der Waals surface area contributed by atoms with Crippen molar-refractivity contribution >= 4 is 5.91 Å². The Hall–Kier alpha value is -1.05. The Labute approximate surface area is 74.6 Å². The molecule has 0 bridgehead atoms. The van der Waals surface area contributed by atoms with Crippen LogP contribution in [0.5, 0.6) is 0 Å². The van der Waals surface area contributed by atoms with Crippen molar-refractivity contribution in [3.8, 4) is 0 Å². The molecule has 0 saturated carbocycles. The minimum absolute atomic E-state index is 0.0110. The van der Waals surface area contributed by atoms with E-state index in [4.69, 9.17) is 0 Å². The first kappa shape index (κ1) is 11.0. The van der Waals surface area contributed by atoms with Gasteiger partial charge in [0.25, 0.3) is 5.91 Å². The summed E-state index contributed by atoms with van der Waals surface area (Å²) >= 11 is 0. The van der Waals surface area contributed by atoms with Crippen LogP contribution in [0.2, 0.25) is 0 Å². The van der Waals surface area contributed by atoms with Gasteiger partial charge in [-0.2, -0.15) is 0 Å². The molecule has 0 heterocycles. The maximum Gasteiger partial charge on any atom is 0.253 e. The molecule has 0 unspecified atom stereocenters. The zero-order chi connectivity index (χ0) is 9.72. The summed E-state index contributed by atoms with van der Waals surface area (Å²) in [5.74, 6) is -0.0110. The molecule has 0 aliphatic carbocycles. The largest absolute Gasteiger partial charge is 0.339 e. The van der Waals surface area contributed by atoms with E-state index in [-0.39, 0.29) is 11.9 Å². The average Bonchev–Trinajstić information content (AvgIpc) is 2.02. The van der Waals surface area contributed by atoms with Crippen molar-refractivity contribution in [2.24, 2.45) is 0 Å². The summed E-state index contributed by atoms with van der Waals surface area (Å²) in [6, 6.07) is 0.222. The summed E-state index contributed by atoms with van der Waals surface area (Å²) < 4.78 is 0. The number of hydrogen-bond donors (Lipinski definition) is 0. The average molecular weight is 167 g/mol. The van der Waals surface area contributed by atoms with Crippen LogP contribution in [0.4, 0.5) is 0 Å². The molecule has 0 rings (SSSR count). The maximum absolute atomic E-state index is 11.4. The number of carbonyl (C=O) groups is 1. The van der Waals surface area contributed by atoms with Gasteiger partial charge in [-0.15, -0.1) is 0 Å². The Bertz CT molecular complexity index is 204. The van der Waals surface area contributed by atoms with Crippen molar-refractivity contribution < 1.29 is 4.79 Å². The van der Waals surface area contributed by atoms with Crippen LogP contribution < -0.4 is 0 Å². The van der Waals surface area contributed by atoms with Gasteiger partial charge >= 0.3 is 0 Å². The first-order valence-electron chi connectivity index (χ1n) is 4.09. The highest BCUT2D eigenvalue weighted by Crippen LogP contribution is 2.02. The molecule has 0 aliphatic heterocycles. The van der Waals surface area contributed by atoms with E-state index in [9.17, 15) is 4.79 Å². The Balaban J connectivity index is 4.29. The van der Waals surface area contributed by atoms with Gasteiger partial charge in [-0.25, -0.2) is 0 Å². The quantitative estimate of drug-likeness (QED) is 0.465. The monoisotopic (exact) mass is 167 g/mol. The third-order valence-corrected chi connectivity index (χ3v) is 1.74. The van der Waals surface area contributed by atoms with Crippen LogP contribution in [0.1, 0.15) is 20.8 Å². The van der Waals surface area contributed by atoms with E-state index in [0.717, 1.165) is 0 Å². The molecule has 0 aromatic heterocycles. The van der Waals surface area contributed by atoms with Crippen LogP contribution in [0.3, 0.4) is 0 Å². The van der Waals surface area contributed by atoms with Crippen molar-refractivity contribution in [2.45, 2.75) is 26.8 Å². The van der Waals surface area contributed by atoms with Crippen molar-refractivity contribution in [1.29, 1.82) is 0 Å². The maximum atomic E-state index is 11.4. The molecule has 0 aromatic carbocycles. The molecule has 0 saturated heterocycles. The standard InChI is InChI=1S/C10H17NO/c1-6-7-9(4)10(12)11(5)8(2)3/h6-8H,4H2,1-3,5H3. The van der Waals surface area contributed by atoms with Crippen LogP contribution in [0.15, 0.2) is 24.3 Å². The third-order valence-electron chi connectivity index (χ3n) is 1.74. The Morgan fingerprint density at radius 2 is 2.00 bits per heavy atom. The molecule has 0 N–H and O–H groups in total. The van der Waals surface area contributed by atoms with Gasteiger partial charge in [0.15, 0.2) is 0 Å². The first-order valence-corrected chi connectivity index (χ1v) is 4.09. The van der Waals surface area contributed by atoms with Crippen LogP contribution >= 0.6 is 0 Å². The highest BCUT2D eigenvalue weighted by Gasteiger charge is 2.12.